The second-order valence-electron chi connectivity index (χ2n) is 6.89. The monoisotopic (exact) mass is 254 g/mol. The minimum atomic E-state index is -0.0874. The molecule has 0 radical (unpaired) electrons. The average molecular weight is 254 g/mol. The molecule has 18 heavy (non-hydrogen) atoms. The second-order valence-corrected chi connectivity index (χ2v) is 6.89. The maximum absolute atomic E-state index is 10.3. The minimum absolute atomic E-state index is 0.0874. The largest absolute Gasteiger partial charge is 0.393 e. The molecule has 1 aliphatic carbocycles. The Morgan fingerprint density at radius 1 is 1.11 bits per heavy atom. The number of hydrogen-bond acceptors (Lipinski definition) is 3. The van der Waals surface area contributed by atoms with E-state index < -0.39 is 0 Å². The van der Waals surface area contributed by atoms with Crippen molar-refractivity contribution in [2.75, 3.05) is 33.2 Å². The van der Waals surface area contributed by atoms with Gasteiger partial charge in [0.1, 0.15) is 0 Å². The molecule has 0 spiro atoms. The maximum atomic E-state index is 10.3. The summed E-state index contributed by atoms with van der Waals surface area (Å²) >= 11 is 0. The van der Waals surface area contributed by atoms with E-state index in [1.54, 1.807) is 0 Å². The van der Waals surface area contributed by atoms with Gasteiger partial charge in [0.25, 0.3) is 0 Å². The van der Waals surface area contributed by atoms with Gasteiger partial charge in [-0.05, 0) is 38.6 Å². The minimum Gasteiger partial charge on any atom is -0.393 e. The Morgan fingerprint density at radius 2 is 1.83 bits per heavy atom. The third kappa shape index (κ3) is 3.25. The normalized spacial score (nSPS) is 44.2. The van der Waals surface area contributed by atoms with Crippen molar-refractivity contribution in [2.24, 2.45) is 17.8 Å². The predicted octanol–water partition coefficient (Wildman–Crippen LogP) is 1.67. The summed E-state index contributed by atoms with van der Waals surface area (Å²) in [7, 11) is 2.20. The fourth-order valence-electron chi connectivity index (χ4n) is 3.89. The summed E-state index contributed by atoms with van der Waals surface area (Å²) in [4.78, 5) is 4.99. The number of nitrogens with zero attached hydrogens (tertiary/aromatic N) is 2. The fraction of sp³-hybridized carbons (Fsp3) is 1.00. The van der Waals surface area contributed by atoms with E-state index in [0.29, 0.717) is 23.8 Å². The van der Waals surface area contributed by atoms with Gasteiger partial charge in [-0.25, -0.2) is 0 Å². The summed E-state index contributed by atoms with van der Waals surface area (Å²) in [6.07, 6.45) is 2.19. The number of aliphatic hydroxyl groups is 1. The van der Waals surface area contributed by atoms with Gasteiger partial charge < -0.3 is 10.0 Å². The van der Waals surface area contributed by atoms with Crippen molar-refractivity contribution in [3.05, 3.63) is 0 Å². The van der Waals surface area contributed by atoms with Crippen LogP contribution >= 0.6 is 0 Å². The SMILES string of the molecule is CC1CC(C)C(CN2CCN(C)CC2C)C(O)C1. The molecule has 5 atom stereocenters. The molecule has 0 aromatic rings. The van der Waals surface area contributed by atoms with E-state index in [1.165, 1.54) is 6.42 Å². The molecule has 1 heterocycles. The molecule has 5 unspecified atom stereocenters. The topological polar surface area (TPSA) is 26.7 Å². The van der Waals surface area contributed by atoms with Crippen molar-refractivity contribution in [3.8, 4) is 0 Å². The Bertz CT molecular complexity index is 259. The highest BCUT2D eigenvalue weighted by Gasteiger charge is 2.35. The summed E-state index contributed by atoms with van der Waals surface area (Å²) in [5.41, 5.74) is 0. The first-order valence-electron chi connectivity index (χ1n) is 7.58. The molecule has 3 nitrogen and oxygen atoms in total. The van der Waals surface area contributed by atoms with Crippen LogP contribution in [-0.2, 0) is 0 Å². The van der Waals surface area contributed by atoms with Crippen LogP contribution in [0.2, 0.25) is 0 Å². The van der Waals surface area contributed by atoms with E-state index in [0.717, 1.165) is 32.6 Å². The van der Waals surface area contributed by atoms with Gasteiger partial charge in [-0.3, -0.25) is 4.90 Å². The Labute approximate surface area is 112 Å². The predicted molar refractivity (Wildman–Crippen MR) is 75.6 cm³/mol. The molecule has 2 fully saturated rings. The average Bonchev–Trinajstić information content (AvgIpc) is 2.25. The summed E-state index contributed by atoms with van der Waals surface area (Å²) in [5.74, 6) is 1.83. The maximum Gasteiger partial charge on any atom is 0.0585 e. The Morgan fingerprint density at radius 3 is 2.44 bits per heavy atom. The van der Waals surface area contributed by atoms with Crippen LogP contribution in [-0.4, -0.2) is 60.3 Å². The van der Waals surface area contributed by atoms with E-state index in [2.05, 4.69) is 37.6 Å². The summed E-state index contributed by atoms with van der Waals surface area (Å²) in [5, 5.41) is 10.3. The number of hydrogen-bond donors (Lipinski definition) is 1. The van der Waals surface area contributed by atoms with Crippen molar-refractivity contribution >= 4 is 0 Å². The molecule has 3 heteroatoms. The molecule has 2 rings (SSSR count). The quantitative estimate of drug-likeness (QED) is 0.812. The Balaban J connectivity index is 1.92. The van der Waals surface area contributed by atoms with Gasteiger partial charge in [-0.1, -0.05) is 13.8 Å². The van der Waals surface area contributed by atoms with Crippen LogP contribution < -0.4 is 0 Å². The lowest BCUT2D eigenvalue weighted by Crippen LogP contribution is -2.54. The van der Waals surface area contributed by atoms with Gasteiger partial charge in [0.2, 0.25) is 0 Å². The van der Waals surface area contributed by atoms with Crippen molar-refractivity contribution < 1.29 is 5.11 Å². The van der Waals surface area contributed by atoms with Crippen molar-refractivity contribution in [3.63, 3.8) is 0 Å². The molecule has 0 aromatic heterocycles. The zero-order valence-corrected chi connectivity index (χ0v) is 12.5. The highest BCUT2D eigenvalue weighted by Crippen LogP contribution is 2.34. The standard InChI is InChI=1S/C15H30N2O/c1-11-7-12(2)14(15(18)8-11)10-17-6-5-16(4)9-13(17)3/h11-15,18H,5-10H2,1-4H3. The van der Waals surface area contributed by atoms with Gasteiger partial charge in [0, 0.05) is 38.1 Å². The molecule has 0 aromatic carbocycles. The molecule has 1 saturated carbocycles. The third-order valence-corrected chi connectivity index (χ3v) is 5.06. The first-order valence-corrected chi connectivity index (χ1v) is 7.58. The smallest absolute Gasteiger partial charge is 0.0585 e. The molecule has 1 aliphatic heterocycles. The van der Waals surface area contributed by atoms with E-state index in [1.807, 2.05) is 0 Å². The first kappa shape index (κ1) is 14.3. The van der Waals surface area contributed by atoms with Gasteiger partial charge >= 0.3 is 0 Å². The van der Waals surface area contributed by atoms with E-state index >= 15 is 0 Å². The molecule has 2 aliphatic rings. The number of aliphatic hydroxyl groups excluding tert-OH is 1. The van der Waals surface area contributed by atoms with Crippen LogP contribution in [0, 0.1) is 17.8 Å². The second kappa shape index (κ2) is 5.89. The first-order chi connectivity index (χ1) is 8.47. The van der Waals surface area contributed by atoms with Gasteiger partial charge in [0.15, 0.2) is 0 Å². The lowest BCUT2D eigenvalue weighted by Gasteiger charge is -2.44. The summed E-state index contributed by atoms with van der Waals surface area (Å²) in [6.45, 7) is 11.5. The highest BCUT2D eigenvalue weighted by molar-refractivity contribution is 4.87. The summed E-state index contributed by atoms with van der Waals surface area (Å²) in [6, 6.07) is 0.627. The van der Waals surface area contributed by atoms with Crippen LogP contribution in [0.5, 0.6) is 0 Å². The van der Waals surface area contributed by atoms with Gasteiger partial charge in [-0.2, -0.15) is 0 Å². The van der Waals surface area contributed by atoms with Gasteiger partial charge in [0.05, 0.1) is 6.10 Å². The zero-order chi connectivity index (χ0) is 13.3. The fourth-order valence-corrected chi connectivity index (χ4v) is 3.89. The Hall–Kier alpha value is -0.120. The molecule has 106 valence electrons. The molecule has 0 bridgehead atoms. The number of likely N-dealkylation sites (N-methyl/N-ethyl adjacent to an activating group) is 1. The van der Waals surface area contributed by atoms with E-state index in [-0.39, 0.29) is 6.10 Å². The number of piperazine rings is 1. The highest BCUT2D eigenvalue weighted by atomic mass is 16.3. The molecular formula is C15H30N2O. The molecule has 1 saturated heterocycles. The van der Waals surface area contributed by atoms with Crippen molar-refractivity contribution in [1.82, 2.24) is 9.80 Å². The zero-order valence-electron chi connectivity index (χ0n) is 12.5. The van der Waals surface area contributed by atoms with Crippen LogP contribution in [0.1, 0.15) is 33.6 Å². The lowest BCUT2D eigenvalue weighted by molar-refractivity contribution is -0.0185. The van der Waals surface area contributed by atoms with Crippen molar-refractivity contribution in [2.45, 2.75) is 45.8 Å². The molecule has 1 N–H and O–H groups in total. The lowest BCUT2D eigenvalue weighted by atomic mass is 9.73. The van der Waals surface area contributed by atoms with Crippen LogP contribution in [0.25, 0.3) is 0 Å². The van der Waals surface area contributed by atoms with Crippen LogP contribution in [0.3, 0.4) is 0 Å². The Kier molecular flexibility index (Phi) is 4.68. The van der Waals surface area contributed by atoms with Gasteiger partial charge in [-0.15, -0.1) is 0 Å². The van der Waals surface area contributed by atoms with E-state index in [4.69, 9.17) is 0 Å². The summed E-state index contributed by atoms with van der Waals surface area (Å²) < 4.78 is 0. The van der Waals surface area contributed by atoms with Crippen LogP contribution in [0.4, 0.5) is 0 Å². The van der Waals surface area contributed by atoms with Crippen molar-refractivity contribution in [1.29, 1.82) is 0 Å². The number of rotatable bonds is 2. The van der Waals surface area contributed by atoms with Crippen LogP contribution in [0.15, 0.2) is 0 Å². The third-order valence-electron chi connectivity index (χ3n) is 5.06. The molecular weight excluding hydrogens is 224 g/mol. The van der Waals surface area contributed by atoms with E-state index in [9.17, 15) is 5.11 Å². The molecule has 0 amide bonds.